The van der Waals surface area contributed by atoms with E-state index in [2.05, 4.69) is 19.1 Å². The van der Waals surface area contributed by atoms with Crippen LogP contribution in [0.25, 0.3) is 0 Å². The van der Waals surface area contributed by atoms with Crippen molar-refractivity contribution in [2.24, 2.45) is 0 Å². The van der Waals surface area contributed by atoms with E-state index in [1.807, 2.05) is 12.1 Å². The SMILES string of the molecule is CCCCCCCCCc1ccc(O/C=C(\C)C(=O)OCC)cc1. The molecule has 0 aliphatic heterocycles. The van der Waals surface area contributed by atoms with E-state index >= 15 is 0 Å². The molecule has 1 rings (SSSR count). The van der Waals surface area contributed by atoms with Crippen LogP contribution in [0.5, 0.6) is 5.75 Å². The van der Waals surface area contributed by atoms with Crippen LogP contribution >= 0.6 is 0 Å². The van der Waals surface area contributed by atoms with Gasteiger partial charge in [0.1, 0.15) is 12.0 Å². The molecule has 1 aromatic carbocycles. The van der Waals surface area contributed by atoms with Gasteiger partial charge in [0.15, 0.2) is 0 Å². The third-order valence-corrected chi connectivity index (χ3v) is 3.96. The van der Waals surface area contributed by atoms with Gasteiger partial charge in [-0.2, -0.15) is 0 Å². The third kappa shape index (κ3) is 8.76. The van der Waals surface area contributed by atoms with Gasteiger partial charge in [0.25, 0.3) is 0 Å². The molecule has 24 heavy (non-hydrogen) atoms. The second-order valence-electron chi connectivity index (χ2n) is 6.15. The van der Waals surface area contributed by atoms with Gasteiger partial charge in [0, 0.05) is 0 Å². The maximum absolute atomic E-state index is 11.5. The lowest BCUT2D eigenvalue weighted by Gasteiger charge is -2.05. The van der Waals surface area contributed by atoms with E-state index in [-0.39, 0.29) is 5.97 Å². The maximum atomic E-state index is 11.5. The molecule has 0 amide bonds. The molecule has 0 saturated carbocycles. The van der Waals surface area contributed by atoms with E-state index in [0.29, 0.717) is 12.2 Å². The fourth-order valence-corrected chi connectivity index (χ4v) is 2.47. The van der Waals surface area contributed by atoms with Crippen molar-refractivity contribution >= 4 is 5.97 Å². The number of unbranched alkanes of at least 4 members (excludes halogenated alkanes) is 6. The fourth-order valence-electron chi connectivity index (χ4n) is 2.47. The van der Waals surface area contributed by atoms with Crippen molar-refractivity contribution in [3.63, 3.8) is 0 Å². The monoisotopic (exact) mass is 332 g/mol. The second kappa shape index (κ2) is 12.6. The summed E-state index contributed by atoms with van der Waals surface area (Å²) in [6.07, 6.45) is 11.9. The highest BCUT2D eigenvalue weighted by atomic mass is 16.5. The van der Waals surface area contributed by atoms with E-state index in [0.717, 1.165) is 12.2 Å². The number of carbonyl (C=O) groups excluding carboxylic acids is 1. The number of hydrogen-bond acceptors (Lipinski definition) is 3. The molecule has 0 N–H and O–H groups in total. The van der Waals surface area contributed by atoms with Crippen LogP contribution in [0.2, 0.25) is 0 Å². The minimum atomic E-state index is -0.340. The zero-order chi connectivity index (χ0) is 17.6. The summed E-state index contributed by atoms with van der Waals surface area (Å²) < 4.78 is 10.4. The zero-order valence-corrected chi connectivity index (χ0v) is 15.5. The van der Waals surface area contributed by atoms with E-state index in [1.54, 1.807) is 13.8 Å². The van der Waals surface area contributed by atoms with Gasteiger partial charge < -0.3 is 9.47 Å². The molecular formula is C21H32O3. The number of carbonyl (C=O) groups is 1. The van der Waals surface area contributed by atoms with Crippen LogP contribution in [-0.2, 0) is 16.0 Å². The summed E-state index contributed by atoms with van der Waals surface area (Å²) in [5, 5.41) is 0. The first-order valence-corrected chi connectivity index (χ1v) is 9.26. The van der Waals surface area contributed by atoms with Gasteiger partial charge in [-0.1, -0.05) is 57.6 Å². The molecule has 3 heteroatoms. The van der Waals surface area contributed by atoms with Crippen LogP contribution in [-0.4, -0.2) is 12.6 Å². The number of aryl methyl sites for hydroxylation is 1. The molecule has 0 unspecified atom stereocenters. The van der Waals surface area contributed by atoms with Crippen molar-refractivity contribution in [1.82, 2.24) is 0 Å². The third-order valence-electron chi connectivity index (χ3n) is 3.96. The normalized spacial score (nSPS) is 11.4. The smallest absolute Gasteiger partial charge is 0.336 e. The van der Waals surface area contributed by atoms with Gasteiger partial charge >= 0.3 is 5.97 Å². The average molecular weight is 332 g/mol. The zero-order valence-electron chi connectivity index (χ0n) is 15.5. The Morgan fingerprint density at radius 3 is 2.21 bits per heavy atom. The lowest BCUT2D eigenvalue weighted by atomic mass is 10.0. The highest BCUT2D eigenvalue weighted by Gasteiger charge is 2.04. The molecule has 134 valence electrons. The second-order valence-corrected chi connectivity index (χ2v) is 6.15. The highest BCUT2D eigenvalue weighted by molar-refractivity contribution is 5.87. The molecule has 0 aliphatic rings. The number of benzene rings is 1. The van der Waals surface area contributed by atoms with Gasteiger partial charge in [-0.05, 0) is 44.4 Å². The summed E-state index contributed by atoms with van der Waals surface area (Å²) in [6, 6.07) is 8.09. The molecule has 0 fully saturated rings. The Morgan fingerprint density at radius 2 is 1.58 bits per heavy atom. The van der Waals surface area contributed by atoms with Crippen molar-refractivity contribution in [2.75, 3.05) is 6.61 Å². The standard InChI is InChI=1S/C21H32O3/c1-4-6-7-8-9-10-11-12-19-13-15-20(16-14-19)24-17-18(3)21(22)23-5-2/h13-17H,4-12H2,1-3H3/b18-17+. The Hall–Kier alpha value is -1.77. The molecule has 0 spiro atoms. The van der Waals surface area contributed by atoms with E-state index in [9.17, 15) is 4.79 Å². The van der Waals surface area contributed by atoms with Crippen LogP contribution < -0.4 is 4.74 Å². The largest absolute Gasteiger partial charge is 0.464 e. The highest BCUT2D eigenvalue weighted by Crippen LogP contribution is 2.16. The van der Waals surface area contributed by atoms with Gasteiger partial charge in [0.05, 0.1) is 12.2 Å². The van der Waals surface area contributed by atoms with Crippen molar-refractivity contribution in [3.8, 4) is 5.75 Å². The van der Waals surface area contributed by atoms with Gasteiger partial charge in [-0.25, -0.2) is 4.79 Å². The molecule has 0 aliphatic carbocycles. The molecule has 0 aromatic heterocycles. The summed E-state index contributed by atoms with van der Waals surface area (Å²) in [6.45, 7) is 6.10. The number of esters is 1. The number of ether oxygens (including phenoxy) is 2. The summed E-state index contributed by atoms with van der Waals surface area (Å²) in [7, 11) is 0. The summed E-state index contributed by atoms with van der Waals surface area (Å²) in [5.74, 6) is 0.398. The Morgan fingerprint density at radius 1 is 0.958 bits per heavy atom. The Bertz CT molecular complexity index is 488. The lowest BCUT2D eigenvalue weighted by Crippen LogP contribution is -2.06. The van der Waals surface area contributed by atoms with Gasteiger partial charge in [0.2, 0.25) is 0 Å². The maximum Gasteiger partial charge on any atom is 0.336 e. The first kappa shape index (κ1) is 20.3. The molecular weight excluding hydrogens is 300 g/mol. The summed E-state index contributed by atoms with van der Waals surface area (Å²) in [4.78, 5) is 11.5. The molecule has 0 saturated heterocycles. The van der Waals surface area contributed by atoms with Crippen molar-refractivity contribution < 1.29 is 14.3 Å². The van der Waals surface area contributed by atoms with E-state index in [1.165, 1.54) is 56.8 Å². The number of hydrogen-bond donors (Lipinski definition) is 0. The first-order chi connectivity index (χ1) is 11.7. The van der Waals surface area contributed by atoms with Crippen LogP contribution in [0.1, 0.15) is 71.3 Å². The van der Waals surface area contributed by atoms with Crippen LogP contribution in [0.3, 0.4) is 0 Å². The van der Waals surface area contributed by atoms with E-state index < -0.39 is 0 Å². The minimum Gasteiger partial charge on any atom is -0.464 e. The number of rotatable bonds is 12. The molecule has 0 radical (unpaired) electrons. The first-order valence-electron chi connectivity index (χ1n) is 9.26. The van der Waals surface area contributed by atoms with Crippen LogP contribution in [0.4, 0.5) is 0 Å². The molecule has 0 heterocycles. The van der Waals surface area contributed by atoms with Gasteiger partial charge in [-0.3, -0.25) is 0 Å². The predicted octanol–water partition coefficient (Wildman–Crippen LogP) is 5.83. The Balaban J connectivity index is 2.28. The minimum absolute atomic E-state index is 0.340. The Labute approximate surface area is 147 Å². The van der Waals surface area contributed by atoms with Crippen molar-refractivity contribution in [1.29, 1.82) is 0 Å². The lowest BCUT2D eigenvalue weighted by molar-refractivity contribution is -0.138. The van der Waals surface area contributed by atoms with Crippen LogP contribution in [0, 0.1) is 0 Å². The molecule has 1 aromatic rings. The van der Waals surface area contributed by atoms with E-state index in [4.69, 9.17) is 9.47 Å². The predicted molar refractivity (Wildman–Crippen MR) is 99.2 cm³/mol. The molecule has 0 atom stereocenters. The Kier molecular flexibility index (Phi) is 10.7. The topological polar surface area (TPSA) is 35.5 Å². The average Bonchev–Trinajstić information content (AvgIpc) is 2.60. The fraction of sp³-hybridized carbons (Fsp3) is 0.571. The summed E-state index contributed by atoms with van der Waals surface area (Å²) in [5.41, 5.74) is 1.80. The van der Waals surface area contributed by atoms with Crippen molar-refractivity contribution in [3.05, 3.63) is 41.7 Å². The summed E-state index contributed by atoms with van der Waals surface area (Å²) >= 11 is 0. The molecule has 0 bridgehead atoms. The quantitative estimate of drug-likeness (QED) is 0.209. The van der Waals surface area contributed by atoms with Crippen molar-refractivity contribution in [2.45, 2.75) is 72.1 Å². The van der Waals surface area contributed by atoms with Crippen LogP contribution in [0.15, 0.2) is 36.1 Å². The molecule has 3 nitrogen and oxygen atoms in total. The van der Waals surface area contributed by atoms with Gasteiger partial charge in [-0.15, -0.1) is 0 Å².